The van der Waals surface area contributed by atoms with Crippen molar-refractivity contribution >= 4 is 13.7 Å². The average Bonchev–Trinajstić information content (AvgIpc) is 2.91. The van der Waals surface area contributed by atoms with E-state index in [1.165, 1.54) is 23.6 Å². The minimum atomic E-state index is -4.00. The van der Waals surface area contributed by atoms with E-state index in [9.17, 15) is 9.46 Å². The highest BCUT2D eigenvalue weighted by Gasteiger charge is 2.11. The van der Waals surface area contributed by atoms with Crippen molar-refractivity contribution in [3.63, 3.8) is 0 Å². The summed E-state index contributed by atoms with van der Waals surface area (Å²) >= 11 is 0. The Morgan fingerprint density at radius 1 is 1.09 bits per heavy atom. The zero-order valence-electron chi connectivity index (χ0n) is 15.0. The highest BCUT2D eigenvalue weighted by Crippen LogP contribution is 2.38. The molecule has 1 N–H and O–H groups in total. The number of rotatable bonds is 11. The highest BCUT2D eigenvalue weighted by atomic mass is 31.2. The molecule has 1 rings (SSSR count). The number of nitrogens with one attached hydrogen (secondary N) is 1. The normalized spacial score (nSPS) is 16.9. The predicted molar refractivity (Wildman–Crippen MR) is 92.3 cm³/mol. The fourth-order valence-electron chi connectivity index (χ4n) is 1.72. The topological polar surface area (TPSA) is 75.4 Å². The maximum absolute atomic E-state index is 11.0. The van der Waals surface area contributed by atoms with Crippen molar-refractivity contribution in [2.24, 2.45) is 4.99 Å². The zero-order chi connectivity index (χ0) is 17.6. The van der Waals surface area contributed by atoms with Crippen molar-refractivity contribution in [2.75, 3.05) is 20.3 Å². The third kappa shape index (κ3) is 12.6. The van der Waals surface area contributed by atoms with Crippen molar-refractivity contribution in [2.45, 2.75) is 65.7 Å². The molecule has 1 atom stereocenters. The Balaban J connectivity index is 0.000000433. The van der Waals surface area contributed by atoms with Crippen molar-refractivity contribution in [3.8, 4) is 0 Å². The number of phosphoric acid groups is 1. The van der Waals surface area contributed by atoms with Gasteiger partial charge >= 0.3 is 0 Å². The number of aliphatic imine (C=N–C) groups is 1. The summed E-state index contributed by atoms with van der Waals surface area (Å²) in [5.74, 6) is 1.28. The van der Waals surface area contributed by atoms with Crippen LogP contribution in [0.1, 0.15) is 65.7 Å². The van der Waals surface area contributed by atoms with Crippen LogP contribution in [0.5, 0.6) is 0 Å². The summed E-state index contributed by atoms with van der Waals surface area (Å²) in [5, 5.41) is 0. The van der Waals surface area contributed by atoms with E-state index in [-0.39, 0.29) is 13.2 Å². The van der Waals surface area contributed by atoms with Crippen molar-refractivity contribution in [1.82, 2.24) is 0 Å². The van der Waals surface area contributed by atoms with Gasteiger partial charge in [0.25, 0.3) is 7.82 Å². The molecule has 0 aromatic rings. The molecule has 0 aromatic heterocycles. The van der Waals surface area contributed by atoms with Gasteiger partial charge in [-0.2, -0.15) is 0 Å². The summed E-state index contributed by atoms with van der Waals surface area (Å²) in [6, 6.07) is 0. The van der Waals surface area contributed by atoms with Crippen molar-refractivity contribution in [3.05, 3.63) is 12.4 Å². The first kappa shape index (κ1) is 22.5. The molecule has 0 radical (unpaired) electrons. The summed E-state index contributed by atoms with van der Waals surface area (Å²) in [5.41, 5.74) is 0. The van der Waals surface area contributed by atoms with E-state index in [1.54, 1.807) is 0 Å². The molecule has 0 spiro atoms. The number of amidine groups is 1. The van der Waals surface area contributed by atoms with Crippen molar-refractivity contribution < 1.29 is 23.4 Å². The smallest absolute Gasteiger partial charge is 0.267 e. The third-order valence-electron chi connectivity index (χ3n) is 3.27. The Hall–Kier alpha value is -0.520. The van der Waals surface area contributed by atoms with E-state index in [0.29, 0.717) is 0 Å². The largest absolute Gasteiger partial charge is 0.756 e. The van der Waals surface area contributed by atoms with E-state index < -0.39 is 7.82 Å². The van der Waals surface area contributed by atoms with Gasteiger partial charge in [-0.15, -0.1) is 0 Å². The molecule has 136 valence electrons. The molecule has 23 heavy (non-hydrogen) atoms. The molecule has 0 saturated carbocycles. The lowest BCUT2D eigenvalue weighted by Gasteiger charge is -2.22. The quantitative estimate of drug-likeness (QED) is 0.460. The number of hydrogen-bond donors (Lipinski definition) is 1. The van der Waals surface area contributed by atoms with Gasteiger partial charge in [-0.1, -0.05) is 40.0 Å². The van der Waals surface area contributed by atoms with E-state index in [1.807, 2.05) is 20.0 Å². The summed E-state index contributed by atoms with van der Waals surface area (Å²) in [4.78, 5) is 16.6. The lowest BCUT2D eigenvalue weighted by Crippen LogP contribution is -3.06. The van der Waals surface area contributed by atoms with E-state index in [2.05, 4.69) is 34.2 Å². The number of phosphoric ester groups is 1. The van der Waals surface area contributed by atoms with Crippen LogP contribution in [0.4, 0.5) is 0 Å². The number of quaternary nitrogens is 1. The molecule has 0 aliphatic carbocycles. The summed E-state index contributed by atoms with van der Waals surface area (Å²) in [6.45, 7) is 6.60. The number of hydrogen-bond acceptors (Lipinski definition) is 5. The first-order chi connectivity index (χ1) is 11.0. The third-order valence-corrected chi connectivity index (χ3v) is 4.27. The van der Waals surface area contributed by atoms with Gasteiger partial charge in [0.2, 0.25) is 5.84 Å². The summed E-state index contributed by atoms with van der Waals surface area (Å²) in [6.07, 6.45) is 10.9. The highest BCUT2D eigenvalue weighted by molar-refractivity contribution is 7.45. The van der Waals surface area contributed by atoms with Crippen LogP contribution in [0, 0.1) is 0 Å². The van der Waals surface area contributed by atoms with Gasteiger partial charge in [0.15, 0.2) is 0 Å². The Morgan fingerprint density at radius 3 is 2.00 bits per heavy atom. The van der Waals surface area contributed by atoms with Crippen molar-refractivity contribution in [1.29, 1.82) is 0 Å². The van der Waals surface area contributed by atoms with Gasteiger partial charge in [-0.3, -0.25) is 9.46 Å². The monoisotopic (exact) mass is 348 g/mol. The second-order valence-corrected chi connectivity index (χ2v) is 6.91. The average molecular weight is 348 g/mol. The van der Waals surface area contributed by atoms with Crippen LogP contribution in [0.3, 0.4) is 0 Å². The Kier molecular flexibility index (Phi) is 13.6. The second-order valence-electron chi connectivity index (χ2n) is 5.50. The van der Waals surface area contributed by atoms with E-state index in [0.717, 1.165) is 32.1 Å². The first-order valence-corrected chi connectivity index (χ1v) is 10.1. The number of unbranched alkanes of at least 4 members (excludes halogenated alkanes) is 3. The fourth-order valence-corrected chi connectivity index (χ4v) is 2.50. The van der Waals surface area contributed by atoms with Crippen LogP contribution in [-0.2, 0) is 13.6 Å². The van der Waals surface area contributed by atoms with Crippen LogP contribution in [0.2, 0.25) is 0 Å². The van der Waals surface area contributed by atoms with Crippen LogP contribution in [-0.4, -0.2) is 26.1 Å². The van der Waals surface area contributed by atoms with Crippen LogP contribution in [0.15, 0.2) is 17.4 Å². The van der Waals surface area contributed by atoms with Gasteiger partial charge in [-0.25, -0.2) is 4.99 Å². The van der Waals surface area contributed by atoms with E-state index in [4.69, 9.17) is 0 Å². The van der Waals surface area contributed by atoms with Gasteiger partial charge in [0, 0.05) is 6.42 Å². The molecule has 0 fully saturated rings. The Labute approximate surface area is 141 Å². The van der Waals surface area contributed by atoms with Crippen LogP contribution in [0.25, 0.3) is 0 Å². The molecule has 7 heteroatoms. The minimum Gasteiger partial charge on any atom is -0.756 e. The van der Waals surface area contributed by atoms with Gasteiger partial charge in [0.05, 0.1) is 26.5 Å². The lowest BCUT2D eigenvalue weighted by molar-refractivity contribution is -0.719. The molecule has 1 unspecified atom stereocenters. The maximum Gasteiger partial charge on any atom is 0.267 e. The van der Waals surface area contributed by atoms with Gasteiger partial charge in [0.1, 0.15) is 6.20 Å². The number of nitrogens with zero attached hydrogens (tertiary/aromatic N) is 1. The molecular formula is C16H33N2O4P. The maximum atomic E-state index is 11.0. The molecule has 0 aromatic carbocycles. The first-order valence-electron chi connectivity index (χ1n) is 8.64. The summed E-state index contributed by atoms with van der Waals surface area (Å²) < 4.78 is 20.2. The standard InChI is InChI=1S/C8H14N2.C8H19O4P/c1-3-4-5-8-9-6-7-10(8)2;1-3-5-7-11-13(9,10)12-8-6-4-2/h6-7H,3-5H2,1-2H3;3-8H2,1-2H3,(H,9,10). The lowest BCUT2D eigenvalue weighted by atomic mass is 10.2. The van der Waals surface area contributed by atoms with Crippen LogP contribution >= 0.6 is 7.82 Å². The second kappa shape index (κ2) is 13.9. The molecule has 0 amide bonds. The van der Waals surface area contributed by atoms with E-state index >= 15 is 0 Å². The minimum absolute atomic E-state index is 0.226. The Bertz CT molecular complexity index is 386. The van der Waals surface area contributed by atoms with Crippen LogP contribution < -0.4 is 9.79 Å². The molecule has 1 aliphatic heterocycles. The molecule has 0 saturated heterocycles. The molecule has 1 heterocycles. The van der Waals surface area contributed by atoms with Gasteiger partial charge < -0.3 is 13.9 Å². The van der Waals surface area contributed by atoms with Gasteiger partial charge in [-0.05, 0) is 19.3 Å². The molecule has 1 aliphatic rings. The zero-order valence-corrected chi connectivity index (χ0v) is 15.9. The summed E-state index contributed by atoms with van der Waals surface area (Å²) in [7, 11) is -1.88. The Morgan fingerprint density at radius 2 is 1.61 bits per heavy atom. The SMILES string of the molecule is CCCCC1=NC=C[NH+]1C.CCCCOP(=O)([O-])OCCCC. The fraction of sp³-hybridized carbons (Fsp3) is 0.812. The molecule has 0 bridgehead atoms. The molecule has 6 nitrogen and oxygen atoms in total. The predicted octanol–water partition coefficient (Wildman–Crippen LogP) is 2.66. The molecular weight excluding hydrogens is 315 g/mol.